The first kappa shape index (κ1) is 27.6. The minimum absolute atomic E-state index is 0.00344. The Labute approximate surface area is 227 Å². The number of rotatable bonds is 7. The third-order valence-corrected chi connectivity index (χ3v) is 6.23. The number of aromatic hydroxyl groups is 1. The zero-order chi connectivity index (χ0) is 29.5. The molecule has 3 aromatic rings. The number of nitrogen functional groups attached to an aromatic ring is 1. The van der Waals surface area contributed by atoms with Gasteiger partial charge in [-0.2, -0.15) is 0 Å². The number of nitrogens with one attached hydrogen (secondary N) is 1. The number of phenolic OH excluding ortho intramolecular Hbond substituents is 1. The SMILES string of the molecule is COC1=C(NC(C)=O)C(=O)c2nc(-c3nc(C(=O)O)c(C)c(-c4ccc(OC)c(OC)c4O)c3N)ccc2C1=O. The van der Waals surface area contributed by atoms with Crippen LogP contribution in [0.1, 0.15) is 43.8 Å². The van der Waals surface area contributed by atoms with Crippen molar-refractivity contribution >= 4 is 29.1 Å². The van der Waals surface area contributed by atoms with Crippen LogP contribution in [0.15, 0.2) is 35.7 Å². The van der Waals surface area contributed by atoms with Gasteiger partial charge in [0.2, 0.25) is 23.2 Å². The number of methoxy groups -OCH3 is 3. The number of carboxylic acids is 1. The molecule has 2 heterocycles. The van der Waals surface area contributed by atoms with Gasteiger partial charge in [0.1, 0.15) is 17.1 Å². The van der Waals surface area contributed by atoms with Crippen molar-refractivity contribution in [2.24, 2.45) is 0 Å². The number of hydrogen-bond donors (Lipinski definition) is 4. The van der Waals surface area contributed by atoms with E-state index < -0.39 is 29.1 Å². The van der Waals surface area contributed by atoms with Crippen LogP contribution in [0.25, 0.3) is 22.5 Å². The molecule has 0 aliphatic heterocycles. The molecular weight excluding hydrogens is 524 g/mol. The largest absolute Gasteiger partial charge is 0.504 e. The smallest absolute Gasteiger partial charge is 0.354 e. The lowest BCUT2D eigenvalue weighted by atomic mass is 9.93. The molecule has 0 unspecified atom stereocenters. The lowest BCUT2D eigenvalue weighted by molar-refractivity contribution is -0.118. The van der Waals surface area contributed by atoms with Crippen LogP contribution in [-0.2, 0) is 9.53 Å². The minimum Gasteiger partial charge on any atom is -0.504 e. The van der Waals surface area contributed by atoms with Gasteiger partial charge < -0.3 is 35.5 Å². The second-order valence-electron chi connectivity index (χ2n) is 8.57. The number of carboxylic acid groups (broad SMARTS) is 1. The molecule has 13 heteroatoms. The highest BCUT2D eigenvalue weighted by Gasteiger charge is 2.36. The molecule has 40 heavy (non-hydrogen) atoms. The number of pyridine rings is 2. The van der Waals surface area contributed by atoms with Gasteiger partial charge in [-0.15, -0.1) is 0 Å². The number of benzene rings is 1. The molecule has 0 spiro atoms. The fourth-order valence-electron chi connectivity index (χ4n) is 4.45. The number of aromatic carboxylic acids is 1. The Morgan fingerprint density at radius 2 is 1.60 bits per heavy atom. The molecule has 0 bridgehead atoms. The number of nitrogens with zero attached hydrogens (tertiary/aromatic N) is 2. The number of Topliss-reactive ketones (excluding diaryl/α,β-unsaturated/α-hetero) is 2. The van der Waals surface area contributed by atoms with Crippen LogP contribution in [-0.4, -0.2) is 65.0 Å². The maximum Gasteiger partial charge on any atom is 0.354 e. The number of carbonyl (C=O) groups is 4. The number of allylic oxidation sites excluding steroid dienone is 2. The zero-order valence-electron chi connectivity index (χ0n) is 22.0. The maximum absolute atomic E-state index is 13.3. The van der Waals surface area contributed by atoms with Crippen LogP contribution in [0.4, 0.5) is 5.69 Å². The summed E-state index contributed by atoms with van der Waals surface area (Å²) >= 11 is 0. The molecule has 0 fully saturated rings. The molecule has 4 rings (SSSR count). The summed E-state index contributed by atoms with van der Waals surface area (Å²) in [5.74, 6) is -3.97. The minimum atomic E-state index is -1.38. The molecule has 0 saturated heterocycles. The molecule has 13 nitrogen and oxygen atoms in total. The van der Waals surface area contributed by atoms with Crippen molar-refractivity contribution in [3.63, 3.8) is 0 Å². The number of anilines is 1. The molecule has 2 aromatic heterocycles. The summed E-state index contributed by atoms with van der Waals surface area (Å²) in [6.07, 6.45) is 0. The van der Waals surface area contributed by atoms with Gasteiger partial charge in [0.15, 0.2) is 23.0 Å². The zero-order valence-corrected chi connectivity index (χ0v) is 22.0. The molecule has 5 N–H and O–H groups in total. The number of hydrogen-bond acceptors (Lipinski definition) is 11. The Morgan fingerprint density at radius 1 is 0.925 bits per heavy atom. The lowest BCUT2D eigenvalue weighted by Gasteiger charge is -2.21. The van der Waals surface area contributed by atoms with Gasteiger partial charge in [-0.1, -0.05) is 0 Å². The second kappa shape index (κ2) is 10.4. The van der Waals surface area contributed by atoms with Crippen molar-refractivity contribution in [3.05, 3.63) is 58.2 Å². The van der Waals surface area contributed by atoms with E-state index in [1.807, 2.05) is 0 Å². The van der Waals surface area contributed by atoms with Crippen LogP contribution in [0.3, 0.4) is 0 Å². The average molecular weight is 549 g/mol. The molecule has 1 aliphatic carbocycles. The molecule has 1 aliphatic rings. The van der Waals surface area contributed by atoms with E-state index in [0.717, 1.165) is 6.92 Å². The Bertz CT molecular complexity index is 1660. The molecule has 0 radical (unpaired) electrons. The summed E-state index contributed by atoms with van der Waals surface area (Å²) in [6, 6.07) is 5.64. The van der Waals surface area contributed by atoms with Crippen LogP contribution >= 0.6 is 0 Å². The monoisotopic (exact) mass is 548 g/mol. The van der Waals surface area contributed by atoms with Crippen molar-refractivity contribution in [3.8, 4) is 39.8 Å². The quantitative estimate of drug-likeness (QED) is 0.337. The topological polar surface area (TPSA) is 200 Å². The van der Waals surface area contributed by atoms with Gasteiger partial charge in [-0.25, -0.2) is 14.8 Å². The Hall–Kier alpha value is -5.46. The van der Waals surface area contributed by atoms with E-state index in [1.54, 1.807) is 0 Å². The normalized spacial score (nSPS) is 12.6. The maximum atomic E-state index is 13.3. The molecule has 1 amide bonds. The molecule has 1 aromatic carbocycles. The van der Waals surface area contributed by atoms with E-state index in [1.165, 1.54) is 52.5 Å². The molecule has 0 atom stereocenters. The van der Waals surface area contributed by atoms with Crippen LogP contribution < -0.4 is 20.5 Å². The van der Waals surface area contributed by atoms with E-state index in [2.05, 4.69) is 15.3 Å². The van der Waals surface area contributed by atoms with E-state index >= 15 is 0 Å². The number of amides is 1. The van der Waals surface area contributed by atoms with E-state index in [0.29, 0.717) is 0 Å². The molecule has 206 valence electrons. The molecular formula is C27H24N4O9. The van der Waals surface area contributed by atoms with Crippen molar-refractivity contribution in [1.82, 2.24) is 15.3 Å². The summed E-state index contributed by atoms with van der Waals surface area (Å²) in [7, 11) is 3.90. The average Bonchev–Trinajstić information content (AvgIpc) is 2.91. The van der Waals surface area contributed by atoms with Crippen LogP contribution in [0.2, 0.25) is 0 Å². The van der Waals surface area contributed by atoms with Crippen molar-refractivity contribution in [2.45, 2.75) is 13.8 Å². The third-order valence-electron chi connectivity index (χ3n) is 6.23. The van der Waals surface area contributed by atoms with Gasteiger partial charge in [-0.05, 0) is 36.8 Å². The van der Waals surface area contributed by atoms with Crippen molar-refractivity contribution < 1.29 is 43.6 Å². The highest BCUT2D eigenvalue weighted by molar-refractivity contribution is 6.26. The fourth-order valence-corrected chi connectivity index (χ4v) is 4.45. The summed E-state index contributed by atoms with van der Waals surface area (Å²) in [6.45, 7) is 2.63. The first-order chi connectivity index (χ1) is 19.0. The standard InChI is InChI=1S/C27H24N4O9/c1-10-16(12-7-9-15(38-3)25(39-4)22(12)33)17(28)20(31-18(10)27(36)37)14-8-6-13-19(30-14)24(35)21(29-11(2)32)26(40-5)23(13)34/h6-9,33H,28H2,1-5H3,(H,29,32)(H,36,37). The Kier molecular flexibility index (Phi) is 7.14. The number of ether oxygens (including phenoxy) is 3. The van der Waals surface area contributed by atoms with Crippen molar-refractivity contribution in [2.75, 3.05) is 27.1 Å². The number of aromatic nitrogens is 2. The first-order valence-electron chi connectivity index (χ1n) is 11.6. The van der Waals surface area contributed by atoms with Crippen LogP contribution in [0, 0.1) is 6.92 Å². The highest BCUT2D eigenvalue weighted by Crippen LogP contribution is 2.47. The van der Waals surface area contributed by atoms with Crippen LogP contribution in [0.5, 0.6) is 17.2 Å². The van der Waals surface area contributed by atoms with Crippen molar-refractivity contribution in [1.29, 1.82) is 0 Å². The van der Waals surface area contributed by atoms with Gasteiger partial charge in [0, 0.05) is 18.1 Å². The summed E-state index contributed by atoms with van der Waals surface area (Å²) in [4.78, 5) is 58.6. The lowest BCUT2D eigenvalue weighted by Crippen LogP contribution is -2.34. The Balaban J connectivity index is 1.99. The number of fused-ring (bicyclic) bond motifs is 1. The van der Waals surface area contributed by atoms with E-state index in [-0.39, 0.29) is 73.7 Å². The summed E-state index contributed by atoms with van der Waals surface area (Å²) in [5.41, 5.74) is 5.48. The first-order valence-corrected chi connectivity index (χ1v) is 11.6. The number of ketones is 2. The fraction of sp³-hybridized carbons (Fsp3) is 0.185. The van der Waals surface area contributed by atoms with Gasteiger partial charge >= 0.3 is 5.97 Å². The number of phenols is 1. The van der Waals surface area contributed by atoms with E-state index in [9.17, 15) is 29.4 Å². The third kappa shape index (κ3) is 4.32. The van der Waals surface area contributed by atoms with Gasteiger partial charge in [-0.3, -0.25) is 14.4 Å². The molecule has 0 saturated carbocycles. The van der Waals surface area contributed by atoms with E-state index in [4.69, 9.17) is 19.9 Å². The summed E-state index contributed by atoms with van der Waals surface area (Å²) in [5, 5.41) is 23.2. The second-order valence-corrected chi connectivity index (χ2v) is 8.57. The van der Waals surface area contributed by atoms with Gasteiger partial charge in [0.25, 0.3) is 0 Å². The summed E-state index contributed by atoms with van der Waals surface area (Å²) < 4.78 is 15.6. The highest BCUT2D eigenvalue weighted by atomic mass is 16.5. The number of carbonyl (C=O) groups excluding carboxylic acids is 3. The Morgan fingerprint density at radius 3 is 2.17 bits per heavy atom. The number of nitrogens with two attached hydrogens (primary N) is 1. The predicted molar refractivity (Wildman–Crippen MR) is 140 cm³/mol. The van der Waals surface area contributed by atoms with Gasteiger partial charge in [0.05, 0.1) is 38.3 Å². The predicted octanol–water partition coefficient (Wildman–Crippen LogP) is 2.50.